The Bertz CT molecular complexity index is 456. The molecule has 7 heteroatoms. The Labute approximate surface area is 117 Å². The molecule has 0 N–H and O–H groups in total. The van der Waals surface area contributed by atoms with Gasteiger partial charge in [-0.15, -0.1) is 0 Å². The molecule has 0 unspecified atom stereocenters. The molecule has 1 aromatic carbocycles. The van der Waals surface area contributed by atoms with Crippen LogP contribution in [0.5, 0.6) is 0 Å². The lowest BCUT2D eigenvalue weighted by molar-refractivity contribution is 0.242. The zero-order chi connectivity index (χ0) is 15.3. The topological polar surface area (TPSA) is 18.5 Å². The van der Waals surface area contributed by atoms with E-state index < -0.39 is 31.8 Å². The molecule has 0 radical (unpaired) electrons. The first-order valence-electron chi connectivity index (χ1n) is 6.33. The molecule has 0 spiro atoms. The summed E-state index contributed by atoms with van der Waals surface area (Å²) in [4.78, 5) is 0. The summed E-state index contributed by atoms with van der Waals surface area (Å²) in [5.41, 5.74) is -0.174. The molecule has 1 aromatic rings. The average Bonchev–Trinajstić information content (AvgIpc) is 2.47. The number of benzene rings is 1. The third kappa shape index (κ3) is 3.59. The van der Waals surface area contributed by atoms with Gasteiger partial charge in [-0.3, -0.25) is 0 Å². The standard InChI is InChI=1S/C13H18F4O2Si/c1-4-20(18-2,19-3)7-5-6-9-8-10(14)12(16)13(17)11(9)15/h8H,4-7H2,1-3H3. The predicted molar refractivity (Wildman–Crippen MR) is 69.7 cm³/mol. The minimum absolute atomic E-state index is 0.0986. The van der Waals surface area contributed by atoms with Crippen molar-refractivity contribution in [3.63, 3.8) is 0 Å². The Morgan fingerprint density at radius 3 is 2.10 bits per heavy atom. The highest BCUT2D eigenvalue weighted by molar-refractivity contribution is 6.67. The SMILES string of the molecule is CC[Si](CCCc1cc(F)c(F)c(F)c1F)(OC)OC. The molecular weight excluding hydrogens is 292 g/mol. The summed E-state index contributed by atoms with van der Waals surface area (Å²) < 4.78 is 63.2. The Morgan fingerprint density at radius 2 is 1.60 bits per heavy atom. The zero-order valence-electron chi connectivity index (χ0n) is 11.7. The molecule has 0 atom stereocenters. The largest absolute Gasteiger partial charge is 0.398 e. The van der Waals surface area contributed by atoms with Crippen LogP contribution >= 0.6 is 0 Å². The molecule has 114 valence electrons. The summed E-state index contributed by atoms with van der Waals surface area (Å²) in [7, 11) is 0.794. The first-order valence-corrected chi connectivity index (χ1v) is 8.56. The van der Waals surface area contributed by atoms with Gasteiger partial charge in [-0.2, -0.15) is 0 Å². The molecule has 0 amide bonds. The number of hydrogen-bond acceptors (Lipinski definition) is 2. The van der Waals surface area contributed by atoms with Crippen LogP contribution in [0.3, 0.4) is 0 Å². The molecule has 0 fully saturated rings. The number of rotatable bonds is 7. The molecule has 20 heavy (non-hydrogen) atoms. The van der Waals surface area contributed by atoms with Gasteiger partial charge in [-0.05, 0) is 36.6 Å². The molecule has 0 saturated heterocycles. The van der Waals surface area contributed by atoms with Crippen molar-refractivity contribution in [2.45, 2.75) is 31.9 Å². The van der Waals surface area contributed by atoms with Gasteiger partial charge in [0, 0.05) is 14.2 Å². The van der Waals surface area contributed by atoms with Crippen LogP contribution in [0.2, 0.25) is 12.1 Å². The molecule has 0 aliphatic rings. The van der Waals surface area contributed by atoms with Crippen molar-refractivity contribution < 1.29 is 26.4 Å². The highest BCUT2D eigenvalue weighted by atomic mass is 28.4. The normalized spacial score (nSPS) is 11.9. The predicted octanol–water partition coefficient (Wildman–Crippen LogP) is 3.93. The minimum Gasteiger partial charge on any atom is -0.398 e. The number of aryl methyl sites for hydroxylation is 1. The van der Waals surface area contributed by atoms with E-state index in [2.05, 4.69) is 0 Å². The van der Waals surface area contributed by atoms with Crippen molar-refractivity contribution in [3.05, 3.63) is 34.9 Å². The van der Waals surface area contributed by atoms with E-state index in [-0.39, 0.29) is 12.0 Å². The van der Waals surface area contributed by atoms with Crippen molar-refractivity contribution in [1.82, 2.24) is 0 Å². The van der Waals surface area contributed by atoms with Crippen molar-refractivity contribution >= 4 is 8.56 Å². The Morgan fingerprint density at radius 1 is 1.00 bits per heavy atom. The highest BCUT2D eigenvalue weighted by Gasteiger charge is 2.32. The van der Waals surface area contributed by atoms with Crippen LogP contribution < -0.4 is 0 Å². The van der Waals surface area contributed by atoms with Gasteiger partial charge in [0.2, 0.25) is 0 Å². The third-order valence-corrected chi connectivity index (χ3v) is 7.15. The molecule has 1 rings (SSSR count). The molecular formula is C13H18F4O2Si. The summed E-state index contributed by atoms with van der Waals surface area (Å²) in [6.07, 6.45) is 0.546. The zero-order valence-corrected chi connectivity index (χ0v) is 12.7. The second-order valence-electron chi connectivity index (χ2n) is 4.49. The van der Waals surface area contributed by atoms with E-state index in [0.29, 0.717) is 24.6 Å². The monoisotopic (exact) mass is 310 g/mol. The number of halogens is 4. The molecule has 0 saturated carbocycles. The average molecular weight is 310 g/mol. The summed E-state index contributed by atoms with van der Waals surface area (Å²) in [6, 6.07) is 1.98. The van der Waals surface area contributed by atoms with Crippen LogP contribution in [0.4, 0.5) is 17.6 Å². The fourth-order valence-electron chi connectivity index (χ4n) is 2.10. The van der Waals surface area contributed by atoms with Gasteiger partial charge in [-0.1, -0.05) is 6.92 Å². The summed E-state index contributed by atoms with van der Waals surface area (Å²) in [5.74, 6) is -6.26. The van der Waals surface area contributed by atoms with E-state index in [1.165, 1.54) is 0 Å². The molecule has 0 aliphatic heterocycles. The van der Waals surface area contributed by atoms with Gasteiger partial charge in [0.05, 0.1) is 0 Å². The van der Waals surface area contributed by atoms with E-state index in [4.69, 9.17) is 8.85 Å². The highest BCUT2D eigenvalue weighted by Crippen LogP contribution is 2.24. The van der Waals surface area contributed by atoms with E-state index in [1.54, 1.807) is 14.2 Å². The fourth-order valence-corrected chi connectivity index (χ4v) is 4.33. The van der Waals surface area contributed by atoms with Gasteiger partial charge in [0.25, 0.3) is 0 Å². The maximum absolute atomic E-state index is 13.5. The van der Waals surface area contributed by atoms with Crippen LogP contribution in [0, 0.1) is 23.3 Å². The molecule has 2 nitrogen and oxygen atoms in total. The second-order valence-corrected chi connectivity index (χ2v) is 8.33. The summed E-state index contributed by atoms with van der Waals surface area (Å²) in [5, 5.41) is 0. The van der Waals surface area contributed by atoms with Crippen molar-refractivity contribution in [3.8, 4) is 0 Å². The summed E-state index contributed by atoms with van der Waals surface area (Å²) >= 11 is 0. The number of hydrogen-bond donors (Lipinski definition) is 0. The molecule has 0 aromatic heterocycles. The van der Waals surface area contributed by atoms with Crippen LogP contribution in [0.25, 0.3) is 0 Å². The van der Waals surface area contributed by atoms with Gasteiger partial charge in [0.1, 0.15) is 0 Å². The van der Waals surface area contributed by atoms with Crippen molar-refractivity contribution in [2.24, 2.45) is 0 Å². The van der Waals surface area contributed by atoms with Crippen molar-refractivity contribution in [2.75, 3.05) is 14.2 Å². The second kappa shape index (κ2) is 7.19. The van der Waals surface area contributed by atoms with E-state index in [0.717, 1.165) is 0 Å². The molecule has 0 heterocycles. The van der Waals surface area contributed by atoms with Crippen LogP contribution in [-0.2, 0) is 15.3 Å². The lowest BCUT2D eigenvalue weighted by Gasteiger charge is -2.25. The molecule has 0 bridgehead atoms. The van der Waals surface area contributed by atoms with Gasteiger partial charge >= 0.3 is 8.56 Å². The van der Waals surface area contributed by atoms with E-state index >= 15 is 0 Å². The molecule has 0 aliphatic carbocycles. The third-order valence-electron chi connectivity index (χ3n) is 3.46. The van der Waals surface area contributed by atoms with Gasteiger partial charge in [0.15, 0.2) is 23.3 Å². The lowest BCUT2D eigenvalue weighted by Crippen LogP contribution is -2.39. The fraction of sp³-hybridized carbons (Fsp3) is 0.538. The Balaban J connectivity index is 2.76. The van der Waals surface area contributed by atoms with Crippen molar-refractivity contribution in [1.29, 1.82) is 0 Å². The van der Waals surface area contributed by atoms with Crippen LogP contribution in [0.15, 0.2) is 6.07 Å². The summed E-state index contributed by atoms with van der Waals surface area (Å²) in [6.45, 7) is 1.93. The maximum Gasteiger partial charge on any atom is 0.337 e. The van der Waals surface area contributed by atoms with Gasteiger partial charge in [-0.25, -0.2) is 17.6 Å². The Hall–Kier alpha value is -0.923. The first kappa shape index (κ1) is 17.1. The van der Waals surface area contributed by atoms with E-state index in [1.807, 2.05) is 6.92 Å². The minimum atomic E-state index is -2.31. The quantitative estimate of drug-likeness (QED) is 0.329. The van der Waals surface area contributed by atoms with Crippen LogP contribution in [-0.4, -0.2) is 22.8 Å². The maximum atomic E-state index is 13.5. The van der Waals surface area contributed by atoms with Gasteiger partial charge < -0.3 is 8.85 Å². The Kier molecular flexibility index (Phi) is 6.16. The lowest BCUT2D eigenvalue weighted by atomic mass is 10.1. The van der Waals surface area contributed by atoms with Crippen LogP contribution in [0.1, 0.15) is 18.9 Å². The smallest absolute Gasteiger partial charge is 0.337 e. The van der Waals surface area contributed by atoms with E-state index in [9.17, 15) is 17.6 Å². The first-order chi connectivity index (χ1) is 9.40.